The van der Waals surface area contributed by atoms with Gasteiger partial charge in [-0.2, -0.15) is 5.26 Å². The maximum atomic E-state index is 13.2. The molecule has 4 rings (SSSR count). The number of nitrogens with zero attached hydrogens (tertiary/aromatic N) is 1. The molecule has 0 bridgehead atoms. The van der Waals surface area contributed by atoms with Crippen molar-refractivity contribution in [3.8, 4) is 11.8 Å². The molecule has 29 heavy (non-hydrogen) atoms. The second-order valence-corrected chi connectivity index (χ2v) is 7.95. The molecule has 2 aromatic carbocycles. The van der Waals surface area contributed by atoms with E-state index >= 15 is 0 Å². The zero-order chi connectivity index (χ0) is 20.5. The number of ketones is 1. The molecule has 0 spiro atoms. The van der Waals surface area contributed by atoms with Crippen LogP contribution in [0.1, 0.15) is 35.8 Å². The van der Waals surface area contributed by atoms with Gasteiger partial charge in [-0.3, -0.25) is 4.79 Å². The fourth-order valence-corrected chi connectivity index (χ4v) is 4.62. The maximum Gasteiger partial charge on any atom is 0.205 e. The first kappa shape index (κ1) is 19.3. The minimum atomic E-state index is -0.546. The van der Waals surface area contributed by atoms with Crippen molar-refractivity contribution >= 4 is 21.7 Å². The first-order valence-electron chi connectivity index (χ1n) is 9.25. The molecule has 0 radical (unpaired) electrons. The first-order chi connectivity index (χ1) is 14.0. The van der Waals surface area contributed by atoms with E-state index in [1.165, 1.54) is 0 Å². The molecule has 146 valence electrons. The Kier molecular flexibility index (Phi) is 5.16. The highest BCUT2D eigenvalue weighted by atomic mass is 79.9. The number of hydrogen-bond donors (Lipinski definition) is 1. The average molecular weight is 451 g/mol. The fourth-order valence-electron chi connectivity index (χ4n) is 4.06. The van der Waals surface area contributed by atoms with Crippen LogP contribution in [0.3, 0.4) is 0 Å². The van der Waals surface area contributed by atoms with Gasteiger partial charge in [0.15, 0.2) is 5.78 Å². The number of carbonyl (C=O) groups excluding carboxylic acids is 1. The monoisotopic (exact) mass is 450 g/mol. The third-order valence-corrected chi connectivity index (χ3v) is 6.06. The average Bonchev–Trinajstić information content (AvgIpc) is 2.73. The van der Waals surface area contributed by atoms with E-state index in [2.05, 4.69) is 22.0 Å². The summed E-state index contributed by atoms with van der Waals surface area (Å²) in [6.07, 6.45) is 0.941. The van der Waals surface area contributed by atoms with Crippen LogP contribution in [0.4, 0.5) is 0 Å². The van der Waals surface area contributed by atoms with E-state index in [-0.39, 0.29) is 23.2 Å². The van der Waals surface area contributed by atoms with Gasteiger partial charge in [0.2, 0.25) is 5.88 Å². The molecule has 0 fully saturated rings. The van der Waals surface area contributed by atoms with Crippen LogP contribution in [-0.4, -0.2) is 12.9 Å². The van der Waals surface area contributed by atoms with Crippen molar-refractivity contribution in [2.75, 3.05) is 7.11 Å². The lowest BCUT2D eigenvalue weighted by molar-refractivity contribution is -0.117. The zero-order valence-corrected chi connectivity index (χ0v) is 17.4. The molecule has 1 heterocycles. The SMILES string of the molecule is COc1ccc([C@H]2C(C#N)=C(N)OC3=C2C(=O)C[C@H](c2ccccc2)C3)cc1Br. The summed E-state index contributed by atoms with van der Waals surface area (Å²) in [5.74, 6) is 0.757. The Hall–Kier alpha value is -3.04. The molecule has 2 aliphatic rings. The van der Waals surface area contributed by atoms with E-state index in [0.717, 1.165) is 15.6 Å². The summed E-state index contributed by atoms with van der Waals surface area (Å²) in [4.78, 5) is 13.2. The van der Waals surface area contributed by atoms with Crippen LogP contribution in [0.5, 0.6) is 5.75 Å². The van der Waals surface area contributed by atoms with Gasteiger partial charge in [0.05, 0.1) is 17.5 Å². The predicted octanol–water partition coefficient (Wildman–Crippen LogP) is 4.67. The molecular formula is C23H19BrN2O3. The van der Waals surface area contributed by atoms with Gasteiger partial charge in [-0.05, 0) is 45.1 Å². The second-order valence-electron chi connectivity index (χ2n) is 7.09. The van der Waals surface area contributed by atoms with Gasteiger partial charge in [0.25, 0.3) is 0 Å². The largest absolute Gasteiger partial charge is 0.496 e. The van der Waals surface area contributed by atoms with Gasteiger partial charge in [-0.25, -0.2) is 0 Å². The number of methoxy groups -OCH3 is 1. The number of ether oxygens (including phenoxy) is 2. The van der Waals surface area contributed by atoms with Crippen LogP contribution in [0.15, 0.2) is 75.8 Å². The molecule has 2 aromatic rings. The smallest absolute Gasteiger partial charge is 0.205 e. The Morgan fingerprint density at radius 2 is 1.93 bits per heavy atom. The van der Waals surface area contributed by atoms with Crippen molar-refractivity contribution in [3.05, 3.63) is 86.9 Å². The van der Waals surface area contributed by atoms with Gasteiger partial charge in [0, 0.05) is 18.4 Å². The highest BCUT2D eigenvalue weighted by Crippen LogP contribution is 2.47. The Morgan fingerprint density at radius 3 is 2.59 bits per heavy atom. The lowest BCUT2D eigenvalue weighted by Gasteiger charge is -2.34. The van der Waals surface area contributed by atoms with E-state index in [9.17, 15) is 10.1 Å². The summed E-state index contributed by atoms with van der Waals surface area (Å²) in [7, 11) is 1.59. The number of rotatable bonds is 3. The van der Waals surface area contributed by atoms with Crippen molar-refractivity contribution in [1.82, 2.24) is 0 Å². The van der Waals surface area contributed by atoms with E-state index in [4.69, 9.17) is 15.2 Å². The molecule has 0 saturated carbocycles. The summed E-state index contributed by atoms with van der Waals surface area (Å²) in [6.45, 7) is 0. The van der Waals surface area contributed by atoms with Gasteiger partial charge >= 0.3 is 0 Å². The van der Waals surface area contributed by atoms with Crippen molar-refractivity contribution in [2.24, 2.45) is 5.73 Å². The van der Waals surface area contributed by atoms with Crippen LogP contribution < -0.4 is 10.5 Å². The standard InChI is InChI=1S/C23H19BrN2O3/c1-28-19-8-7-14(9-17(19)24)21-16(12-25)23(26)29-20-11-15(10-18(27)22(20)21)13-5-3-2-4-6-13/h2-9,15,21H,10-11,26H2,1H3/t15-,21-/m0/s1. The van der Waals surface area contributed by atoms with Crippen LogP contribution in [0.2, 0.25) is 0 Å². The molecule has 1 aliphatic carbocycles. The van der Waals surface area contributed by atoms with Crippen LogP contribution in [0, 0.1) is 11.3 Å². The van der Waals surface area contributed by atoms with Crippen molar-refractivity contribution in [3.63, 3.8) is 0 Å². The Bertz CT molecular complexity index is 1080. The minimum Gasteiger partial charge on any atom is -0.496 e. The summed E-state index contributed by atoms with van der Waals surface area (Å²) in [5, 5.41) is 9.73. The fraction of sp³-hybridized carbons (Fsp3) is 0.217. The molecule has 5 nitrogen and oxygen atoms in total. The van der Waals surface area contributed by atoms with E-state index in [1.807, 2.05) is 42.5 Å². The predicted molar refractivity (Wildman–Crippen MR) is 112 cm³/mol. The normalized spacial score (nSPS) is 21.3. The van der Waals surface area contributed by atoms with E-state index < -0.39 is 5.92 Å². The highest BCUT2D eigenvalue weighted by molar-refractivity contribution is 9.10. The number of hydrogen-bond acceptors (Lipinski definition) is 5. The molecule has 0 amide bonds. The Morgan fingerprint density at radius 1 is 1.17 bits per heavy atom. The molecule has 6 heteroatoms. The van der Waals surface area contributed by atoms with Gasteiger partial charge in [-0.15, -0.1) is 0 Å². The van der Waals surface area contributed by atoms with Crippen molar-refractivity contribution in [2.45, 2.75) is 24.7 Å². The molecule has 0 unspecified atom stereocenters. The lowest BCUT2D eigenvalue weighted by atomic mass is 9.73. The first-order valence-corrected chi connectivity index (χ1v) is 10.0. The molecule has 0 saturated heterocycles. The highest BCUT2D eigenvalue weighted by Gasteiger charge is 2.41. The molecule has 1 aliphatic heterocycles. The van der Waals surface area contributed by atoms with Gasteiger partial charge in [-0.1, -0.05) is 36.4 Å². The minimum absolute atomic E-state index is 0.0164. The summed E-state index contributed by atoms with van der Waals surface area (Å²) >= 11 is 3.49. The number of carbonyl (C=O) groups is 1. The quantitative estimate of drug-likeness (QED) is 0.734. The summed E-state index contributed by atoms with van der Waals surface area (Å²) < 4.78 is 11.8. The number of nitriles is 1. The molecule has 2 atom stereocenters. The van der Waals surface area contributed by atoms with Crippen LogP contribution in [-0.2, 0) is 9.53 Å². The number of benzene rings is 2. The summed E-state index contributed by atoms with van der Waals surface area (Å²) in [5.41, 5.74) is 8.77. The lowest BCUT2D eigenvalue weighted by Crippen LogP contribution is -2.29. The van der Waals surface area contributed by atoms with Gasteiger partial charge < -0.3 is 15.2 Å². The van der Waals surface area contributed by atoms with Crippen molar-refractivity contribution in [1.29, 1.82) is 5.26 Å². The molecular weight excluding hydrogens is 432 g/mol. The van der Waals surface area contributed by atoms with Crippen molar-refractivity contribution < 1.29 is 14.3 Å². The Balaban J connectivity index is 1.80. The Labute approximate surface area is 177 Å². The van der Waals surface area contributed by atoms with Gasteiger partial charge in [0.1, 0.15) is 23.2 Å². The number of nitrogens with two attached hydrogens (primary N) is 1. The third-order valence-electron chi connectivity index (χ3n) is 5.44. The topological polar surface area (TPSA) is 85.3 Å². The summed E-state index contributed by atoms with van der Waals surface area (Å²) in [6, 6.07) is 17.6. The second kappa shape index (κ2) is 7.76. The maximum absolute atomic E-state index is 13.2. The third kappa shape index (κ3) is 3.43. The van der Waals surface area contributed by atoms with Crippen LogP contribution >= 0.6 is 15.9 Å². The van der Waals surface area contributed by atoms with Crippen LogP contribution in [0.25, 0.3) is 0 Å². The number of Topliss-reactive ketones (excluding diaryl/α,β-unsaturated/α-hetero) is 1. The number of allylic oxidation sites excluding steroid dienone is 3. The zero-order valence-electron chi connectivity index (χ0n) is 15.8. The molecule has 2 N–H and O–H groups in total. The molecule has 0 aromatic heterocycles. The number of halogens is 1. The van der Waals surface area contributed by atoms with E-state index in [1.54, 1.807) is 13.2 Å². The van der Waals surface area contributed by atoms with E-state index in [0.29, 0.717) is 29.9 Å².